The monoisotopic (exact) mass is 334 g/mol. The molecular weight excluding hydrogens is 319 g/mol. The van der Waals surface area contributed by atoms with Crippen LogP contribution in [0.3, 0.4) is 0 Å². The highest BCUT2D eigenvalue weighted by Gasteiger charge is 2.12. The zero-order valence-electron chi connectivity index (χ0n) is 12.3. The van der Waals surface area contributed by atoms with Crippen molar-refractivity contribution in [2.75, 3.05) is 7.11 Å². The molecule has 7 heteroatoms. The number of carbonyl (C=O) groups is 1. The number of halogens is 1. The third-order valence-corrected chi connectivity index (χ3v) is 3.05. The lowest BCUT2D eigenvalue weighted by Crippen LogP contribution is -2.34. The fraction of sp³-hybridized carbons (Fsp3) is 0.125. The lowest BCUT2D eigenvalue weighted by molar-refractivity contribution is 0.0977. The highest BCUT2D eigenvalue weighted by Crippen LogP contribution is 2.28. The Kier molecular flexibility index (Phi) is 5.48. The van der Waals surface area contributed by atoms with Crippen molar-refractivity contribution >= 4 is 23.2 Å². The summed E-state index contributed by atoms with van der Waals surface area (Å²) in [5.74, 6) is 0.0379. The maximum absolute atomic E-state index is 13.1. The van der Waals surface area contributed by atoms with Gasteiger partial charge in [0.05, 0.1) is 7.11 Å². The van der Waals surface area contributed by atoms with Gasteiger partial charge in [-0.3, -0.25) is 10.1 Å². The fourth-order valence-electron chi connectivity index (χ4n) is 1.90. The number of nitrogens with one attached hydrogen (secondary N) is 1. The van der Waals surface area contributed by atoms with Gasteiger partial charge < -0.3 is 15.2 Å². The average molecular weight is 334 g/mol. The van der Waals surface area contributed by atoms with E-state index in [0.29, 0.717) is 22.6 Å². The van der Waals surface area contributed by atoms with Crippen LogP contribution < -0.4 is 20.5 Å². The van der Waals surface area contributed by atoms with Crippen LogP contribution in [0.2, 0.25) is 0 Å². The van der Waals surface area contributed by atoms with Crippen molar-refractivity contribution in [3.63, 3.8) is 0 Å². The standard InChI is InChI=1S/C16H15FN2O3S/c1-21-14-8-11(15(20)19-16(18)23)5-6-13(14)22-9-10-3-2-4-12(17)7-10/h2-8H,9H2,1H3,(H3,18,19,20,23). The van der Waals surface area contributed by atoms with Gasteiger partial charge in [-0.05, 0) is 48.1 Å². The lowest BCUT2D eigenvalue weighted by atomic mass is 10.2. The van der Waals surface area contributed by atoms with E-state index in [4.69, 9.17) is 15.2 Å². The molecule has 0 saturated carbocycles. The molecule has 0 heterocycles. The lowest BCUT2D eigenvalue weighted by Gasteiger charge is -2.12. The number of nitrogens with two attached hydrogens (primary N) is 1. The minimum atomic E-state index is -0.438. The van der Waals surface area contributed by atoms with Crippen LogP contribution in [-0.4, -0.2) is 18.1 Å². The van der Waals surface area contributed by atoms with Gasteiger partial charge in [-0.25, -0.2) is 4.39 Å². The Bertz CT molecular complexity index is 737. The van der Waals surface area contributed by atoms with E-state index in [9.17, 15) is 9.18 Å². The summed E-state index contributed by atoms with van der Waals surface area (Å²) >= 11 is 4.62. The quantitative estimate of drug-likeness (QED) is 0.822. The molecule has 0 atom stereocenters. The first-order chi connectivity index (χ1) is 11.0. The number of methoxy groups -OCH3 is 1. The third kappa shape index (κ3) is 4.65. The van der Waals surface area contributed by atoms with Gasteiger partial charge in [0.25, 0.3) is 5.91 Å². The average Bonchev–Trinajstić information content (AvgIpc) is 2.52. The molecule has 1 amide bonds. The molecule has 2 aromatic rings. The maximum atomic E-state index is 13.1. The van der Waals surface area contributed by atoms with Gasteiger partial charge in [0.2, 0.25) is 0 Å². The van der Waals surface area contributed by atoms with Crippen LogP contribution in [0.5, 0.6) is 11.5 Å². The summed E-state index contributed by atoms with van der Waals surface area (Å²) in [4.78, 5) is 11.8. The summed E-state index contributed by atoms with van der Waals surface area (Å²) < 4.78 is 24.0. The molecule has 0 fully saturated rings. The molecule has 0 bridgehead atoms. The van der Waals surface area contributed by atoms with Gasteiger partial charge in [0.15, 0.2) is 16.6 Å². The Morgan fingerprint density at radius 1 is 1.26 bits per heavy atom. The van der Waals surface area contributed by atoms with Crippen LogP contribution in [-0.2, 0) is 6.61 Å². The number of thiocarbonyl (C=S) groups is 1. The molecule has 5 nitrogen and oxygen atoms in total. The predicted octanol–water partition coefficient (Wildman–Crippen LogP) is 2.39. The number of rotatable bonds is 5. The van der Waals surface area contributed by atoms with E-state index < -0.39 is 5.91 Å². The Labute approximate surface area is 138 Å². The van der Waals surface area contributed by atoms with Crippen molar-refractivity contribution in [3.8, 4) is 11.5 Å². The molecule has 2 aromatic carbocycles. The van der Waals surface area contributed by atoms with Gasteiger partial charge in [-0.15, -0.1) is 0 Å². The summed E-state index contributed by atoms with van der Waals surface area (Å²) in [5, 5.41) is 2.22. The summed E-state index contributed by atoms with van der Waals surface area (Å²) in [6.45, 7) is 0.173. The van der Waals surface area contributed by atoms with E-state index in [2.05, 4.69) is 17.5 Å². The summed E-state index contributed by atoms with van der Waals surface area (Å²) in [7, 11) is 1.46. The Balaban J connectivity index is 2.13. The summed E-state index contributed by atoms with van der Waals surface area (Å²) in [6.07, 6.45) is 0. The minimum Gasteiger partial charge on any atom is -0.493 e. The SMILES string of the molecule is COc1cc(C(=O)NC(N)=S)ccc1OCc1cccc(F)c1. The van der Waals surface area contributed by atoms with Crippen molar-refractivity contribution in [2.45, 2.75) is 6.61 Å². The molecule has 0 spiro atoms. The van der Waals surface area contributed by atoms with E-state index in [1.807, 2.05) is 0 Å². The molecule has 120 valence electrons. The molecule has 0 aliphatic carbocycles. The molecule has 2 rings (SSSR count). The predicted molar refractivity (Wildman–Crippen MR) is 88.0 cm³/mol. The minimum absolute atomic E-state index is 0.111. The van der Waals surface area contributed by atoms with E-state index in [1.54, 1.807) is 24.3 Å². The van der Waals surface area contributed by atoms with Crippen molar-refractivity contribution in [1.29, 1.82) is 0 Å². The molecule has 0 unspecified atom stereocenters. The first-order valence-corrected chi connectivity index (χ1v) is 7.06. The third-order valence-electron chi connectivity index (χ3n) is 2.95. The molecular formula is C16H15FN2O3S. The smallest absolute Gasteiger partial charge is 0.257 e. The van der Waals surface area contributed by atoms with E-state index in [-0.39, 0.29) is 17.5 Å². The topological polar surface area (TPSA) is 73.6 Å². The van der Waals surface area contributed by atoms with Crippen LogP contribution >= 0.6 is 12.2 Å². The van der Waals surface area contributed by atoms with Crippen LogP contribution in [0.15, 0.2) is 42.5 Å². The molecule has 3 N–H and O–H groups in total. The van der Waals surface area contributed by atoms with E-state index in [0.717, 1.165) is 0 Å². The van der Waals surface area contributed by atoms with Crippen LogP contribution in [0, 0.1) is 5.82 Å². The second-order valence-corrected chi connectivity index (χ2v) is 5.04. The van der Waals surface area contributed by atoms with Crippen LogP contribution in [0.1, 0.15) is 15.9 Å². The molecule has 0 aliphatic rings. The van der Waals surface area contributed by atoms with E-state index in [1.165, 1.54) is 25.3 Å². The molecule has 23 heavy (non-hydrogen) atoms. The fourth-order valence-corrected chi connectivity index (χ4v) is 1.99. The van der Waals surface area contributed by atoms with Gasteiger partial charge in [-0.2, -0.15) is 0 Å². The molecule has 0 aromatic heterocycles. The first-order valence-electron chi connectivity index (χ1n) is 6.65. The number of carbonyl (C=O) groups excluding carboxylic acids is 1. The Morgan fingerprint density at radius 3 is 2.70 bits per heavy atom. The Morgan fingerprint density at radius 2 is 2.04 bits per heavy atom. The number of hydrogen-bond donors (Lipinski definition) is 2. The maximum Gasteiger partial charge on any atom is 0.257 e. The van der Waals surface area contributed by atoms with Crippen LogP contribution in [0.4, 0.5) is 4.39 Å². The molecule has 0 aliphatic heterocycles. The second-order valence-electron chi connectivity index (χ2n) is 4.60. The molecule has 0 saturated heterocycles. The normalized spacial score (nSPS) is 10.0. The van der Waals surface area contributed by atoms with E-state index >= 15 is 0 Å². The zero-order chi connectivity index (χ0) is 16.8. The summed E-state index contributed by atoms with van der Waals surface area (Å²) in [5.41, 5.74) is 6.28. The highest BCUT2D eigenvalue weighted by atomic mass is 32.1. The Hall–Kier alpha value is -2.67. The number of amides is 1. The first kappa shape index (κ1) is 16.7. The number of benzene rings is 2. The second kappa shape index (κ2) is 7.55. The van der Waals surface area contributed by atoms with Crippen molar-refractivity contribution < 1.29 is 18.7 Å². The number of ether oxygens (including phenoxy) is 2. The number of hydrogen-bond acceptors (Lipinski definition) is 4. The van der Waals surface area contributed by atoms with Gasteiger partial charge in [0.1, 0.15) is 12.4 Å². The van der Waals surface area contributed by atoms with Crippen molar-refractivity contribution in [2.24, 2.45) is 5.73 Å². The van der Waals surface area contributed by atoms with Gasteiger partial charge in [0, 0.05) is 5.56 Å². The zero-order valence-corrected chi connectivity index (χ0v) is 13.2. The van der Waals surface area contributed by atoms with Crippen molar-refractivity contribution in [1.82, 2.24) is 5.32 Å². The van der Waals surface area contributed by atoms with Gasteiger partial charge >= 0.3 is 0 Å². The van der Waals surface area contributed by atoms with Crippen LogP contribution in [0.25, 0.3) is 0 Å². The largest absolute Gasteiger partial charge is 0.493 e. The van der Waals surface area contributed by atoms with Gasteiger partial charge in [-0.1, -0.05) is 12.1 Å². The highest BCUT2D eigenvalue weighted by molar-refractivity contribution is 7.80. The molecule has 0 radical (unpaired) electrons. The van der Waals surface area contributed by atoms with Crippen molar-refractivity contribution in [3.05, 3.63) is 59.4 Å². The summed E-state index contributed by atoms with van der Waals surface area (Å²) in [6, 6.07) is 10.8.